The van der Waals surface area contributed by atoms with E-state index in [2.05, 4.69) is 11.4 Å². The van der Waals surface area contributed by atoms with E-state index in [0.717, 1.165) is 27.3 Å². The average molecular weight is 443 g/mol. The van der Waals surface area contributed by atoms with Gasteiger partial charge in [-0.1, -0.05) is 35.3 Å². The lowest BCUT2D eigenvalue weighted by Crippen LogP contribution is -2.41. The zero-order valence-corrected chi connectivity index (χ0v) is 18.8. The Morgan fingerprint density at radius 1 is 1.07 bits per heavy atom. The number of hydrogen-bond acceptors (Lipinski definition) is 3. The van der Waals surface area contributed by atoms with Gasteiger partial charge < -0.3 is 5.32 Å². The molecule has 2 aromatic carbocycles. The first kappa shape index (κ1) is 22.5. The van der Waals surface area contributed by atoms with E-state index in [9.17, 15) is 13.2 Å². The zero-order valence-electron chi connectivity index (χ0n) is 16.5. The number of aryl methyl sites for hydroxylation is 3. The molecule has 2 rings (SSSR count). The number of carbonyl (C=O) groups is 1. The van der Waals surface area contributed by atoms with Gasteiger partial charge in [0.15, 0.2) is 0 Å². The van der Waals surface area contributed by atoms with E-state index in [4.69, 9.17) is 23.2 Å². The summed E-state index contributed by atoms with van der Waals surface area (Å²) in [6, 6.07) is 8.29. The number of benzene rings is 2. The number of sulfonamides is 1. The van der Waals surface area contributed by atoms with Crippen molar-refractivity contribution in [1.29, 1.82) is 0 Å². The van der Waals surface area contributed by atoms with Crippen molar-refractivity contribution in [1.82, 2.24) is 5.32 Å². The van der Waals surface area contributed by atoms with Crippen molar-refractivity contribution in [2.75, 3.05) is 17.1 Å². The fourth-order valence-corrected chi connectivity index (χ4v) is 4.44. The van der Waals surface area contributed by atoms with Gasteiger partial charge in [-0.3, -0.25) is 9.10 Å². The summed E-state index contributed by atoms with van der Waals surface area (Å²) >= 11 is 12.0. The third kappa shape index (κ3) is 5.40. The Morgan fingerprint density at radius 2 is 1.68 bits per heavy atom. The number of rotatable bonds is 6. The van der Waals surface area contributed by atoms with Crippen molar-refractivity contribution >= 4 is 44.8 Å². The SMILES string of the molecule is Cc1cc(C)c([C@H](C)NC(=O)CN(c2ccc(Cl)cc2Cl)S(C)(=O)=O)cc1C. The number of nitrogens with zero attached hydrogens (tertiary/aromatic N) is 1. The Balaban J connectivity index is 2.24. The van der Waals surface area contributed by atoms with Crippen molar-refractivity contribution in [2.24, 2.45) is 0 Å². The number of hydrogen-bond donors (Lipinski definition) is 1. The van der Waals surface area contributed by atoms with Crippen LogP contribution in [0.25, 0.3) is 0 Å². The maximum absolute atomic E-state index is 12.6. The van der Waals surface area contributed by atoms with Gasteiger partial charge in [-0.25, -0.2) is 8.42 Å². The molecule has 1 amide bonds. The fourth-order valence-electron chi connectivity index (χ4n) is 3.01. The predicted molar refractivity (Wildman–Crippen MR) is 116 cm³/mol. The Labute approximate surface area is 176 Å². The molecule has 0 radical (unpaired) electrons. The van der Waals surface area contributed by atoms with E-state index >= 15 is 0 Å². The first-order valence-electron chi connectivity index (χ1n) is 8.70. The zero-order chi connectivity index (χ0) is 21.2. The predicted octanol–water partition coefficient (Wildman–Crippen LogP) is 4.56. The standard InChI is InChI=1S/C20H24Cl2N2O3S/c1-12-8-14(3)17(9-13(12)2)15(4)23-20(25)11-24(28(5,26)27)19-7-6-16(21)10-18(19)22/h6-10,15H,11H2,1-5H3,(H,23,25)/t15-/m0/s1. The van der Waals surface area contributed by atoms with Gasteiger partial charge >= 0.3 is 0 Å². The van der Waals surface area contributed by atoms with E-state index in [0.29, 0.717) is 5.02 Å². The first-order chi connectivity index (χ1) is 12.9. The highest BCUT2D eigenvalue weighted by atomic mass is 35.5. The summed E-state index contributed by atoms with van der Waals surface area (Å²) in [5.41, 5.74) is 4.58. The molecule has 8 heteroatoms. The van der Waals surface area contributed by atoms with E-state index in [1.165, 1.54) is 23.8 Å². The van der Waals surface area contributed by atoms with Crippen LogP contribution in [0.1, 0.15) is 35.2 Å². The van der Waals surface area contributed by atoms with Gasteiger partial charge in [0, 0.05) is 5.02 Å². The summed E-state index contributed by atoms with van der Waals surface area (Å²) in [6.07, 6.45) is 1.03. The van der Waals surface area contributed by atoms with Crippen molar-refractivity contribution in [3.63, 3.8) is 0 Å². The minimum absolute atomic E-state index is 0.156. The highest BCUT2D eigenvalue weighted by Gasteiger charge is 2.24. The van der Waals surface area contributed by atoms with E-state index in [1.807, 2.05) is 33.8 Å². The third-order valence-corrected chi connectivity index (χ3v) is 6.26. The minimum atomic E-state index is -3.72. The summed E-state index contributed by atoms with van der Waals surface area (Å²) in [4.78, 5) is 12.6. The second-order valence-electron chi connectivity index (χ2n) is 6.95. The smallest absolute Gasteiger partial charge is 0.241 e. The molecule has 0 saturated carbocycles. The lowest BCUT2D eigenvalue weighted by Gasteiger charge is -2.25. The summed E-state index contributed by atoms with van der Waals surface area (Å²) in [5.74, 6) is -0.429. The van der Waals surface area contributed by atoms with Crippen LogP contribution in [0.3, 0.4) is 0 Å². The summed E-state index contributed by atoms with van der Waals surface area (Å²) < 4.78 is 25.5. The van der Waals surface area contributed by atoms with Crippen LogP contribution in [0.4, 0.5) is 5.69 Å². The molecule has 0 aromatic heterocycles. The molecule has 0 aliphatic carbocycles. The highest BCUT2D eigenvalue weighted by Crippen LogP contribution is 2.30. The van der Waals surface area contributed by atoms with Crippen molar-refractivity contribution in [3.05, 3.63) is 62.6 Å². The van der Waals surface area contributed by atoms with Gasteiger partial charge in [0.1, 0.15) is 6.54 Å². The number of carbonyl (C=O) groups excluding carboxylic acids is 1. The molecule has 0 saturated heterocycles. The molecular formula is C20H24Cl2N2O3S. The minimum Gasteiger partial charge on any atom is -0.348 e. The topological polar surface area (TPSA) is 66.5 Å². The molecule has 28 heavy (non-hydrogen) atoms. The van der Waals surface area contributed by atoms with Crippen molar-refractivity contribution in [3.8, 4) is 0 Å². The molecule has 0 aliphatic rings. The van der Waals surface area contributed by atoms with Crippen LogP contribution in [0, 0.1) is 20.8 Å². The number of nitrogens with one attached hydrogen (secondary N) is 1. The molecule has 0 fully saturated rings. The Bertz CT molecular complexity index is 1010. The molecule has 1 atom stereocenters. The van der Waals surface area contributed by atoms with Gasteiger partial charge in [0.2, 0.25) is 15.9 Å². The molecule has 0 unspecified atom stereocenters. The highest BCUT2D eigenvalue weighted by molar-refractivity contribution is 7.92. The quantitative estimate of drug-likeness (QED) is 0.712. The van der Waals surface area contributed by atoms with E-state index in [1.54, 1.807) is 0 Å². The van der Waals surface area contributed by atoms with Gasteiger partial charge in [-0.15, -0.1) is 0 Å². The molecule has 5 nitrogen and oxygen atoms in total. The third-order valence-electron chi connectivity index (χ3n) is 4.59. The van der Waals surface area contributed by atoms with E-state index < -0.39 is 15.9 Å². The van der Waals surface area contributed by atoms with Crippen molar-refractivity contribution in [2.45, 2.75) is 33.7 Å². The first-order valence-corrected chi connectivity index (χ1v) is 11.3. The normalized spacial score (nSPS) is 12.5. The lowest BCUT2D eigenvalue weighted by atomic mass is 9.96. The van der Waals surface area contributed by atoms with Crippen LogP contribution in [0.2, 0.25) is 10.0 Å². The van der Waals surface area contributed by atoms with Crippen LogP contribution in [-0.2, 0) is 14.8 Å². The van der Waals surface area contributed by atoms with Gasteiger partial charge in [0.25, 0.3) is 0 Å². The molecule has 152 valence electrons. The monoisotopic (exact) mass is 442 g/mol. The van der Waals surface area contributed by atoms with Crippen LogP contribution < -0.4 is 9.62 Å². The Morgan fingerprint density at radius 3 is 2.25 bits per heavy atom. The Hall–Kier alpha value is -1.76. The van der Waals surface area contributed by atoms with Crippen LogP contribution in [-0.4, -0.2) is 27.1 Å². The summed E-state index contributed by atoms with van der Waals surface area (Å²) in [7, 11) is -3.72. The van der Waals surface area contributed by atoms with Crippen LogP contribution >= 0.6 is 23.2 Å². The molecule has 0 spiro atoms. The molecular weight excluding hydrogens is 419 g/mol. The molecule has 0 bridgehead atoms. The Kier molecular flexibility index (Phi) is 7.02. The summed E-state index contributed by atoms with van der Waals surface area (Å²) in [6.45, 7) is 7.53. The van der Waals surface area contributed by atoms with Crippen LogP contribution in [0.15, 0.2) is 30.3 Å². The maximum Gasteiger partial charge on any atom is 0.241 e. The van der Waals surface area contributed by atoms with Crippen LogP contribution in [0.5, 0.6) is 0 Å². The molecule has 0 heterocycles. The largest absolute Gasteiger partial charge is 0.348 e. The summed E-state index contributed by atoms with van der Waals surface area (Å²) in [5, 5.41) is 3.41. The van der Waals surface area contributed by atoms with Gasteiger partial charge in [0.05, 0.1) is 23.0 Å². The lowest BCUT2D eigenvalue weighted by molar-refractivity contribution is -0.120. The van der Waals surface area contributed by atoms with Crippen molar-refractivity contribution < 1.29 is 13.2 Å². The van der Waals surface area contributed by atoms with Gasteiger partial charge in [-0.2, -0.15) is 0 Å². The number of anilines is 1. The number of halogens is 2. The maximum atomic E-state index is 12.6. The van der Waals surface area contributed by atoms with Gasteiger partial charge in [-0.05, 0) is 68.1 Å². The molecule has 2 aromatic rings. The molecule has 1 N–H and O–H groups in total. The fraction of sp³-hybridized carbons (Fsp3) is 0.350. The number of amides is 1. The second-order valence-corrected chi connectivity index (χ2v) is 9.70. The molecule has 0 aliphatic heterocycles. The second kappa shape index (κ2) is 8.72. The van der Waals surface area contributed by atoms with E-state index in [-0.39, 0.29) is 23.3 Å². The average Bonchev–Trinajstić information content (AvgIpc) is 2.55.